The predicted octanol–water partition coefficient (Wildman–Crippen LogP) is 0.432. The minimum atomic E-state index is -0.809. The summed E-state index contributed by atoms with van der Waals surface area (Å²) in [6.07, 6.45) is 4.74. The highest BCUT2D eigenvalue weighted by Crippen LogP contribution is 2.15. The lowest BCUT2D eigenvalue weighted by Gasteiger charge is -2.05. The van der Waals surface area contributed by atoms with Crippen LogP contribution in [-0.4, -0.2) is 28.4 Å². The third-order valence-electron chi connectivity index (χ3n) is 1.90. The van der Waals surface area contributed by atoms with Crippen molar-refractivity contribution in [1.29, 1.82) is 0 Å². The summed E-state index contributed by atoms with van der Waals surface area (Å²) in [7, 11) is 1.24. The maximum atomic E-state index is 10.8. The van der Waals surface area contributed by atoms with Crippen molar-refractivity contribution in [2.45, 2.75) is 12.8 Å². The van der Waals surface area contributed by atoms with E-state index < -0.39 is 6.16 Å². The summed E-state index contributed by atoms with van der Waals surface area (Å²) in [6, 6.07) is 0. The molecule has 0 spiro atoms. The van der Waals surface area contributed by atoms with Crippen molar-refractivity contribution in [3.05, 3.63) is 17.5 Å². The lowest BCUT2D eigenvalue weighted by atomic mass is 10.1. The van der Waals surface area contributed by atoms with E-state index in [4.69, 9.17) is 4.84 Å². The van der Waals surface area contributed by atoms with Crippen LogP contribution in [0, 0.1) is 0 Å². The molecule has 6 nitrogen and oxygen atoms in total. The summed E-state index contributed by atoms with van der Waals surface area (Å²) in [5, 5.41) is 7.55. The fraction of sp³-hybridized carbons (Fsp3) is 0.375. The molecule has 6 heteroatoms. The Bertz CT molecular complexity index is 383. The van der Waals surface area contributed by atoms with Gasteiger partial charge in [0.1, 0.15) is 5.69 Å². The number of rotatable bonds is 1. The molecule has 0 amide bonds. The quantitative estimate of drug-likeness (QED) is 0.480. The Morgan fingerprint density at radius 3 is 3.29 bits per heavy atom. The van der Waals surface area contributed by atoms with Crippen molar-refractivity contribution < 1.29 is 14.4 Å². The molecule has 1 aliphatic rings. The van der Waals surface area contributed by atoms with E-state index in [2.05, 4.69) is 15.0 Å². The highest BCUT2D eigenvalue weighted by atomic mass is 16.8. The first-order chi connectivity index (χ1) is 6.81. The maximum absolute atomic E-state index is 10.8. The summed E-state index contributed by atoms with van der Waals surface area (Å²) < 4.78 is 4.34. The van der Waals surface area contributed by atoms with Gasteiger partial charge in [-0.25, -0.2) is 4.79 Å². The number of carbonyl (C=O) groups excluding carboxylic acids is 1. The van der Waals surface area contributed by atoms with Gasteiger partial charge >= 0.3 is 6.16 Å². The van der Waals surface area contributed by atoms with Crippen LogP contribution in [0.1, 0.15) is 17.8 Å². The van der Waals surface area contributed by atoms with Gasteiger partial charge in [-0.1, -0.05) is 10.9 Å². The summed E-state index contributed by atoms with van der Waals surface area (Å²) in [4.78, 5) is 16.6. The van der Waals surface area contributed by atoms with Crippen LogP contribution in [0.2, 0.25) is 0 Å². The molecule has 0 N–H and O–H groups in total. The number of nitrogens with zero attached hydrogens (tertiary/aromatic N) is 3. The van der Waals surface area contributed by atoms with Gasteiger partial charge in [-0.2, -0.15) is 0 Å². The standard InChI is InChI=1S/C8H9N3O3/c1-13-8(12)14-11-7-5-3-2-4-6(7)9-10-11/h3,5H,2,4H2,1H3. The Morgan fingerprint density at radius 2 is 2.50 bits per heavy atom. The maximum Gasteiger partial charge on any atom is 0.534 e. The van der Waals surface area contributed by atoms with E-state index in [-0.39, 0.29) is 0 Å². The summed E-state index contributed by atoms with van der Waals surface area (Å²) in [6.45, 7) is 0. The molecule has 2 rings (SSSR count). The van der Waals surface area contributed by atoms with Gasteiger partial charge in [0.2, 0.25) is 0 Å². The number of hydrogen-bond donors (Lipinski definition) is 0. The van der Waals surface area contributed by atoms with E-state index in [9.17, 15) is 4.79 Å². The fourth-order valence-corrected chi connectivity index (χ4v) is 1.23. The van der Waals surface area contributed by atoms with Crippen LogP contribution in [-0.2, 0) is 11.2 Å². The summed E-state index contributed by atoms with van der Waals surface area (Å²) in [5.41, 5.74) is 1.53. The number of carbonyl (C=O) groups is 1. The molecule has 0 saturated heterocycles. The minimum absolute atomic E-state index is 0.696. The van der Waals surface area contributed by atoms with E-state index in [0.717, 1.165) is 23.4 Å². The lowest BCUT2D eigenvalue weighted by molar-refractivity contribution is 0.0495. The normalized spacial score (nSPS) is 13.5. The molecule has 0 aromatic carbocycles. The predicted molar refractivity (Wildman–Crippen MR) is 46.4 cm³/mol. The number of hydrogen-bond acceptors (Lipinski definition) is 5. The lowest BCUT2D eigenvalue weighted by Crippen LogP contribution is -2.22. The molecule has 0 bridgehead atoms. The van der Waals surface area contributed by atoms with Crippen LogP contribution in [0.4, 0.5) is 4.79 Å². The Labute approximate surface area is 80.1 Å². The zero-order valence-corrected chi connectivity index (χ0v) is 7.64. The van der Waals surface area contributed by atoms with Gasteiger partial charge in [0, 0.05) is 0 Å². The molecule has 1 aliphatic carbocycles. The van der Waals surface area contributed by atoms with E-state index in [1.807, 2.05) is 12.2 Å². The number of methoxy groups -OCH3 is 1. The van der Waals surface area contributed by atoms with Crippen LogP contribution in [0.25, 0.3) is 6.08 Å². The second-order valence-electron chi connectivity index (χ2n) is 2.78. The largest absolute Gasteiger partial charge is 0.534 e. The first-order valence-electron chi connectivity index (χ1n) is 4.18. The zero-order valence-electron chi connectivity index (χ0n) is 7.64. The van der Waals surface area contributed by atoms with Gasteiger partial charge in [-0.05, 0) is 24.1 Å². The van der Waals surface area contributed by atoms with Crippen molar-refractivity contribution >= 4 is 12.2 Å². The van der Waals surface area contributed by atoms with Gasteiger partial charge in [0.05, 0.1) is 12.8 Å². The average Bonchev–Trinajstić information content (AvgIpc) is 2.62. The number of aromatic nitrogens is 3. The third-order valence-corrected chi connectivity index (χ3v) is 1.90. The molecule has 1 aromatic heterocycles. The van der Waals surface area contributed by atoms with E-state index in [0.29, 0.717) is 5.69 Å². The Morgan fingerprint density at radius 1 is 1.64 bits per heavy atom. The molecule has 0 unspecified atom stereocenters. The Kier molecular flexibility index (Phi) is 2.18. The van der Waals surface area contributed by atoms with Gasteiger partial charge in [0.15, 0.2) is 0 Å². The van der Waals surface area contributed by atoms with Crippen LogP contribution in [0.3, 0.4) is 0 Å². The molecule has 0 radical (unpaired) electrons. The van der Waals surface area contributed by atoms with E-state index >= 15 is 0 Å². The molecule has 0 atom stereocenters. The molecule has 0 aliphatic heterocycles. The first kappa shape index (κ1) is 8.74. The molecule has 1 heterocycles. The van der Waals surface area contributed by atoms with Gasteiger partial charge in [0.25, 0.3) is 0 Å². The van der Waals surface area contributed by atoms with Crippen molar-refractivity contribution in [1.82, 2.24) is 15.2 Å². The topological polar surface area (TPSA) is 66.2 Å². The van der Waals surface area contributed by atoms with Crippen LogP contribution in [0.5, 0.6) is 0 Å². The fourth-order valence-electron chi connectivity index (χ4n) is 1.23. The monoisotopic (exact) mass is 195 g/mol. The van der Waals surface area contributed by atoms with Gasteiger partial charge in [-0.15, -0.1) is 5.10 Å². The van der Waals surface area contributed by atoms with Crippen LogP contribution in [0.15, 0.2) is 6.08 Å². The Balaban J connectivity index is 2.24. The van der Waals surface area contributed by atoms with Crippen LogP contribution < -0.4 is 4.84 Å². The van der Waals surface area contributed by atoms with Gasteiger partial charge < -0.3 is 4.74 Å². The number of allylic oxidation sites excluding steroid dienone is 1. The molecule has 74 valence electrons. The number of ether oxygens (including phenoxy) is 1. The minimum Gasteiger partial charge on any atom is -0.436 e. The second-order valence-corrected chi connectivity index (χ2v) is 2.78. The number of aryl methyl sites for hydroxylation is 1. The molecule has 1 aromatic rings. The highest BCUT2D eigenvalue weighted by Gasteiger charge is 2.16. The smallest absolute Gasteiger partial charge is 0.436 e. The van der Waals surface area contributed by atoms with Crippen molar-refractivity contribution in [2.75, 3.05) is 7.11 Å². The van der Waals surface area contributed by atoms with Gasteiger partial charge in [-0.3, -0.25) is 4.84 Å². The summed E-state index contributed by atoms with van der Waals surface area (Å²) in [5.74, 6) is 0. The van der Waals surface area contributed by atoms with Crippen molar-refractivity contribution in [3.8, 4) is 0 Å². The third kappa shape index (κ3) is 1.46. The van der Waals surface area contributed by atoms with Crippen LogP contribution >= 0.6 is 0 Å². The highest BCUT2D eigenvalue weighted by molar-refractivity contribution is 5.60. The molecule has 0 fully saturated rings. The van der Waals surface area contributed by atoms with Crippen molar-refractivity contribution in [3.63, 3.8) is 0 Å². The molecular weight excluding hydrogens is 186 g/mol. The zero-order chi connectivity index (χ0) is 9.97. The van der Waals surface area contributed by atoms with E-state index in [1.165, 1.54) is 7.11 Å². The van der Waals surface area contributed by atoms with E-state index in [1.54, 1.807) is 0 Å². The average molecular weight is 195 g/mol. The number of fused-ring (bicyclic) bond motifs is 1. The molecule has 0 saturated carbocycles. The SMILES string of the molecule is COC(=O)On1nnc2c1C=CCC2. The Hall–Kier alpha value is -1.85. The molecular formula is C8H9N3O3. The second kappa shape index (κ2) is 3.49. The van der Waals surface area contributed by atoms with Crippen molar-refractivity contribution in [2.24, 2.45) is 0 Å². The first-order valence-corrected chi connectivity index (χ1v) is 4.18. The molecule has 14 heavy (non-hydrogen) atoms. The summed E-state index contributed by atoms with van der Waals surface area (Å²) >= 11 is 0.